The molecule has 94 valence electrons. The number of nitrogen functional groups attached to an aromatic ring is 1. The Morgan fingerprint density at radius 2 is 2.24 bits per heavy atom. The summed E-state index contributed by atoms with van der Waals surface area (Å²) in [5, 5.41) is 0. The van der Waals surface area contributed by atoms with Gasteiger partial charge in [-0.25, -0.2) is 18.1 Å². The lowest BCUT2D eigenvalue weighted by Crippen LogP contribution is -2.34. The number of aromatic nitrogens is 1. The molecule has 0 saturated heterocycles. The molecule has 1 aliphatic carbocycles. The number of nitrogens with two attached hydrogens (primary N) is 1. The predicted molar refractivity (Wildman–Crippen MR) is 68.9 cm³/mol. The van der Waals surface area contributed by atoms with Gasteiger partial charge < -0.3 is 5.73 Å². The van der Waals surface area contributed by atoms with Crippen LogP contribution in [0, 0.1) is 5.92 Å². The second-order valence-corrected chi connectivity index (χ2v) is 6.88. The summed E-state index contributed by atoms with van der Waals surface area (Å²) in [6.07, 6.45) is 3.63. The molecule has 1 aromatic heterocycles. The maximum absolute atomic E-state index is 12.1. The van der Waals surface area contributed by atoms with Crippen molar-refractivity contribution in [3.8, 4) is 0 Å². The highest BCUT2D eigenvalue weighted by Crippen LogP contribution is 2.33. The lowest BCUT2D eigenvalue weighted by atomic mass is 10.2. The van der Waals surface area contributed by atoms with Gasteiger partial charge in [-0.1, -0.05) is 0 Å². The Morgan fingerprint density at radius 1 is 1.59 bits per heavy atom. The van der Waals surface area contributed by atoms with Gasteiger partial charge in [0, 0.05) is 16.7 Å². The number of nitrogens with zero attached hydrogens (tertiary/aromatic N) is 1. The first-order valence-electron chi connectivity index (χ1n) is 5.33. The number of hydrogen-bond acceptors (Lipinski definition) is 4. The van der Waals surface area contributed by atoms with Crippen molar-refractivity contribution < 1.29 is 8.42 Å². The molecule has 0 radical (unpaired) electrons. The summed E-state index contributed by atoms with van der Waals surface area (Å²) >= 11 is 3.19. The van der Waals surface area contributed by atoms with Gasteiger partial charge in [-0.15, -0.1) is 0 Å². The zero-order valence-electron chi connectivity index (χ0n) is 9.35. The van der Waals surface area contributed by atoms with Crippen LogP contribution in [-0.4, -0.2) is 19.4 Å². The third-order valence-corrected chi connectivity index (χ3v) is 4.83. The van der Waals surface area contributed by atoms with E-state index in [9.17, 15) is 8.42 Å². The zero-order valence-corrected chi connectivity index (χ0v) is 11.8. The van der Waals surface area contributed by atoms with Crippen LogP contribution < -0.4 is 10.5 Å². The zero-order chi connectivity index (χ0) is 12.6. The number of anilines is 1. The number of halogens is 1. The molecule has 1 aromatic rings. The third kappa shape index (κ3) is 2.97. The van der Waals surface area contributed by atoms with Crippen LogP contribution in [0.25, 0.3) is 0 Å². The molecular formula is C10H14BrN3O2S. The fourth-order valence-electron chi connectivity index (χ4n) is 1.65. The SMILES string of the molecule is CC(NS(=O)(=O)c1cc(Br)cnc1N)C1CC1. The minimum absolute atomic E-state index is 0.0173. The lowest BCUT2D eigenvalue weighted by molar-refractivity contribution is 0.538. The number of pyridine rings is 1. The van der Waals surface area contributed by atoms with Crippen LogP contribution >= 0.6 is 15.9 Å². The van der Waals surface area contributed by atoms with Crippen molar-refractivity contribution >= 4 is 31.8 Å². The Kier molecular flexibility index (Phi) is 3.42. The van der Waals surface area contributed by atoms with Crippen molar-refractivity contribution in [3.05, 3.63) is 16.7 Å². The third-order valence-electron chi connectivity index (χ3n) is 2.81. The van der Waals surface area contributed by atoms with Gasteiger partial charge in [0.05, 0.1) is 0 Å². The molecule has 5 nitrogen and oxygen atoms in total. The van der Waals surface area contributed by atoms with Crippen LogP contribution in [0.2, 0.25) is 0 Å². The molecule has 7 heteroatoms. The van der Waals surface area contributed by atoms with Crippen LogP contribution in [0.3, 0.4) is 0 Å². The van der Waals surface area contributed by atoms with Crippen molar-refractivity contribution in [1.82, 2.24) is 9.71 Å². The van der Waals surface area contributed by atoms with Gasteiger partial charge in [0.25, 0.3) is 0 Å². The summed E-state index contributed by atoms with van der Waals surface area (Å²) in [4.78, 5) is 3.85. The monoisotopic (exact) mass is 319 g/mol. The number of hydrogen-bond donors (Lipinski definition) is 2. The first kappa shape index (κ1) is 12.8. The Labute approximate surface area is 109 Å². The van der Waals surface area contributed by atoms with Crippen molar-refractivity contribution in [2.45, 2.75) is 30.7 Å². The van der Waals surface area contributed by atoms with E-state index in [1.807, 2.05) is 6.92 Å². The Hall–Kier alpha value is -0.660. The van der Waals surface area contributed by atoms with Gasteiger partial charge in [0.1, 0.15) is 10.7 Å². The normalized spacial score (nSPS) is 18.0. The maximum Gasteiger partial charge on any atom is 0.244 e. The van der Waals surface area contributed by atoms with E-state index < -0.39 is 10.0 Å². The fourth-order valence-corrected chi connectivity index (χ4v) is 3.55. The van der Waals surface area contributed by atoms with E-state index in [1.165, 1.54) is 12.3 Å². The number of sulfonamides is 1. The Morgan fingerprint density at radius 3 is 2.82 bits per heavy atom. The van der Waals surface area contributed by atoms with E-state index in [2.05, 4.69) is 25.6 Å². The van der Waals surface area contributed by atoms with Gasteiger partial charge in [-0.2, -0.15) is 0 Å². The molecule has 2 rings (SSSR count). The molecule has 0 aromatic carbocycles. The minimum atomic E-state index is -3.59. The molecule has 1 heterocycles. The van der Waals surface area contributed by atoms with E-state index in [0.29, 0.717) is 10.4 Å². The van der Waals surface area contributed by atoms with Crippen LogP contribution in [0.1, 0.15) is 19.8 Å². The quantitative estimate of drug-likeness (QED) is 0.880. The largest absolute Gasteiger partial charge is 0.383 e. The van der Waals surface area contributed by atoms with E-state index >= 15 is 0 Å². The molecule has 0 amide bonds. The summed E-state index contributed by atoms with van der Waals surface area (Å²) in [7, 11) is -3.59. The topological polar surface area (TPSA) is 85.1 Å². The van der Waals surface area contributed by atoms with Gasteiger partial charge in [0.15, 0.2) is 0 Å². The number of rotatable bonds is 4. The molecule has 1 fully saturated rings. The average Bonchev–Trinajstić information content (AvgIpc) is 3.04. The van der Waals surface area contributed by atoms with Crippen LogP contribution in [0.15, 0.2) is 21.6 Å². The summed E-state index contributed by atoms with van der Waals surface area (Å²) in [5.41, 5.74) is 5.59. The van der Waals surface area contributed by atoms with E-state index in [0.717, 1.165) is 12.8 Å². The first-order chi connectivity index (χ1) is 7.90. The van der Waals surface area contributed by atoms with Gasteiger partial charge >= 0.3 is 0 Å². The molecule has 1 saturated carbocycles. The van der Waals surface area contributed by atoms with Crippen molar-refractivity contribution in [2.24, 2.45) is 5.92 Å². The average molecular weight is 320 g/mol. The molecule has 0 bridgehead atoms. The highest BCUT2D eigenvalue weighted by atomic mass is 79.9. The van der Waals surface area contributed by atoms with Gasteiger partial charge in [0.2, 0.25) is 10.0 Å². The van der Waals surface area contributed by atoms with E-state index in [1.54, 1.807) is 0 Å². The molecule has 1 unspecified atom stereocenters. The van der Waals surface area contributed by atoms with E-state index in [-0.39, 0.29) is 16.8 Å². The Bertz CT molecular complexity index is 528. The number of nitrogens with one attached hydrogen (secondary N) is 1. The molecule has 1 aliphatic rings. The standard InChI is InChI=1S/C10H14BrN3O2S/c1-6(7-2-3-7)14-17(15,16)9-4-8(11)5-13-10(9)12/h4-7,14H,2-3H2,1H3,(H2,12,13). The minimum Gasteiger partial charge on any atom is -0.383 e. The summed E-state index contributed by atoms with van der Waals surface area (Å²) < 4.78 is 27.4. The van der Waals surface area contributed by atoms with Crippen LogP contribution in [-0.2, 0) is 10.0 Å². The van der Waals surface area contributed by atoms with Gasteiger partial charge in [-0.3, -0.25) is 0 Å². The van der Waals surface area contributed by atoms with E-state index in [4.69, 9.17) is 5.73 Å². The Balaban J connectivity index is 2.27. The smallest absolute Gasteiger partial charge is 0.244 e. The highest BCUT2D eigenvalue weighted by molar-refractivity contribution is 9.10. The summed E-state index contributed by atoms with van der Waals surface area (Å²) in [5.74, 6) is 0.467. The summed E-state index contributed by atoms with van der Waals surface area (Å²) in [6, 6.07) is 1.41. The lowest BCUT2D eigenvalue weighted by Gasteiger charge is -2.14. The van der Waals surface area contributed by atoms with Crippen molar-refractivity contribution in [3.63, 3.8) is 0 Å². The molecule has 17 heavy (non-hydrogen) atoms. The predicted octanol–water partition coefficient (Wildman–Crippen LogP) is 1.50. The van der Waals surface area contributed by atoms with Crippen LogP contribution in [0.4, 0.5) is 5.82 Å². The molecular weight excluding hydrogens is 306 g/mol. The summed E-state index contributed by atoms with van der Waals surface area (Å²) in [6.45, 7) is 1.87. The van der Waals surface area contributed by atoms with Crippen LogP contribution in [0.5, 0.6) is 0 Å². The van der Waals surface area contributed by atoms with Gasteiger partial charge in [-0.05, 0) is 47.7 Å². The highest BCUT2D eigenvalue weighted by Gasteiger charge is 2.32. The molecule has 0 spiro atoms. The molecule has 3 N–H and O–H groups in total. The maximum atomic E-state index is 12.1. The second kappa shape index (κ2) is 4.55. The molecule has 0 aliphatic heterocycles. The fraction of sp³-hybridized carbons (Fsp3) is 0.500. The van der Waals surface area contributed by atoms with Crippen molar-refractivity contribution in [1.29, 1.82) is 0 Å². The second-order valence-electron chi connectivity index (χ2n) is 4.28. The van der Waals surface area contributed by atoms with Crippen molar-refractivity contribution in [2.75, 3.05) is 5.73 Å². The first-order valence-corrected chi connectivity index (χ1v) is 7.61. The molecule has 1 atom stereocenters.